The van der Waals surface area contributed by atoms with Crippen molar-refractivity contribution in [1.29, 1.82) is 0 Å². The van der Waals surface area contributed by atoms with Crippen molar-refractivity contribution in [3.05, 3.63) is 82.2 Å². The molecule has 8 heteroatoms. The van der Waals surface area contributed by atoms with Gasteiger partial charge in [-0.05, 0) is 82.0 Å². The van der Waals surface area contributed by atoms with Crippen molar-refractivity contribution >= 4 is 28.7 Å². The first-order valence-electron chi connectivity index (χ1n) is 11.6. The van der Waals surface area contributed by atoms with Gasteiger partial charge in [-0.2, -0.15) is 0 Å². The van der Waals surface area contributed by atoms with Crippen LogP contribution in [0, 0.1) is 0 Å². The first kappa shape index (κ1) is 26.4. The zero-order valence-electron chi connectivity index (χ0n) is 20.3. The normalized spacial score (nSPS) is 10.6. The van der Waals surface area contributed by atoms with Crippen LogP contribution >= 0.6 is 0 Å². The van der Waals surface area contributed by atoms with Gasteiger partial charge in [0.1, 0.15) is 22.6 Å². The Morgan fingerprint density at radius 3 is 2.19 bits per heavy atom. The number of fused-ring (bicyclic) bond motifs is 1. The van der Waals surface area contributed by atoms with Gasteiger partial charge >= 0.3 is 17.6 Å². The molecule has 0 fully saturated rings. The minimum Gasteiger partial charge on any atom is -0.494 e. The second-order valence-electron chi connectivity index (χ2n) is 8.30. The fourth-order valence-corrected chi connectivity index (χ4v) is 3.29. The van der Waals surface area contributed by atoms with Crippen LogP contribution in [0.4, 0.5) is 0 Å². The zero-order chi connectivity index (χ0) is 26.1. The van der Waals surface area contributed by atoms with Gasteiger partial charge in [0, 0.05) is 17.0 Å². The highest BCUT2D eigenvalue weighted by molar-refractivity contribution is 5.97. The fourth-order valence-electron chi connectivity index (χ4n) is 3.29. The average molecular weight is 493 g/mol. The smallest absolute Gasteiger partial charge is 0.347 e. The molecule has 0 aliphatic heterocycles. The molecule has 0 radical (unpaired) electrons. The highest BCUT2D eigenvalue weighted by atomic mass is 16.5. The van der Waals surface area contributed by atoms with Crippen molar-refractivity contribution in [2.24, 2.45) is 0 Å². The number of rotatable bonds is 12. The van der Waals surface area contributed by atoms with Gasteiger partial charge in [0.25, 0.3) is 0 Å². The standard InChI is InChI=1S/C28H28O8/c1-18(2)26(30)34-15-7-5-4-6-14-33-22-11-8-20(9-12-22)27(31)35-23-13-10-21-16-24(19(3)29)28(32)36-25(21)17-23/h8-13,16-17H,1,4-7,14-15H2,2-3H3. The number of hydrogen-bond acceptors (Lipinski definition) is 8. The van der Waals surface area contributed by atoms with Gasteiger partial charge < -0.3 is 18.6 Å². The number of hydrogen-bond donors (Lipinski definition) is 0. The summed E-state index contributed by atoms with van der Waals surface area (Å²) in [6.45, 7) is 7.37. The van der Waals surface area contributed by atoms with Crippen LogP contribution in [-0.4, -0.2) is 30.9 Å². The van der Waals surface area contributed by atoms with Crippen LogP contribution in [-0.2, 0) is 9.53 Å². The largest absolute Gasteiger partial charge is 0.494 e. The Bertz CT molecular complexity index is 1320. The summed E-state index contributed by atoms with van der Waals surface area (Å²) in [6.07, 6.45) is 3.51. The molecule has 8 nitrogen and oxygen atoms in total. The molecule has 2 aromatic carbocycles. The van der Waals surface area contributed by atoms with Gasteiger partial charge in [0.15, 0.2) is 5.78 Å². The van der Waals surface area contributed by atoms with E-state index in [1.54, 1.807) is 43.3 Å². The lowest BCUT2D eigenvalue weighted by Crippen LogP contribution is -2.11. The SMILES string of the molecule is C=C(C)C(=O)OCCCCCCOc1ccc(C(=O)Oc2ccc3cc(C(C)=O)c(=O)oc3c2)cc1. The molecule has 188 valence electrons. The number of ether oxygens (including phenoxy) is 3. The lowest BCUT2D eigenvalue weighted by molar-refractivity contribution is -0.139. The van der Waals surface area contributed by atoms with Crippen molar-refractivity contribution in [2.45, 2.75) is 39.5 Å². The summed E-state index contributed by atoms with van der Waals surface area (Å²) in [6, 6.07) is 12.6. The summed E-state index contributed by atoms with van der Waals surface area (Å²) in [5.74, 6) is -0.472. The molecule has 0 aliphatic rings. The number of esters is 2. The second kappa shape index (κ2) is 12.5. The molecule has 0 unspecified atom stereocenters. The number of unbranched alkanes of at least 4 members (excludes halogenated alkanes) is 3. The van der Waals surface area contributed by atoms with Crippen LogP contribution in [0.5, 0.6) is 11.5 Å². The maximum atomic E-state index is 12.5. The van der Waals surface area contributed by atoms with Crippen molar-refractivity contribution in [1.82, 2.24) is 0 Å². The zero-order valence-corrected chi connectivity index (χ0v) is 20.3. The molecular weight excluding hydrogens is 464 g/mol. The fraction of sp³-hybridized carbons (Fsp3) is 0.286. The van der Waals surface area contributed by atoms with E-state index in [9.17, 15) is 19.2 Å². The lowest BCUT2D eigenvalue weighted by Gasteiger charge is -2.08. The Morgan fingerprint density at radius 1 is 0.861 bits per heavy atom. The van der Waals surface area contributed by atoms with Crippen LogP contribution < -0.4 is 15.1 Å². The van der Waals surface area contributed by atoms with Crippen LogP contribution in [0.2, 0.25) is 0 Å². The molecule has 0 saturated carbocycles. The molecular formula is C28H28O8. The maximum absolute atomic E-state index is 12.5. The number of carbonyl (C=O) groups excluding carboxylic acids is 3. The van der Waals surface area contributed by atoms with Crippen LogP contribution in [0.15, 0.2) is 69.9 Å². The van der Waals surface area contributed by atoms with Gasteiger partial charge in [-0.15, -0.1) is 0 Å². The average Bonchev–Trinajstić information content (AvgIpc) is 2.85. The van der Waals surface area contributed by atoms with E-state index in [1.165, 1.54) is 19.1 Å². The first-order chi connectivity index (χ1) is 17.2. The molecule has 0 saturated heterocycles. The molecule has 36 heavy (non-hydrogen) atoms. The maximum Gasteiger partial charge on any atom is 0.347 e. The van der Waals surface area contributed by atoms with Crippen molar-refractivity contribution in [3.63, 3.8) is 0 Å². The van der Waals surface area contributed by atoms with Gasteiger partial charge in [0.2, 0.25) is 0 Å². The van der Waals surface area contributed by atoms with Crippen molar-refractivity contribution in [3.8, 4) is 11.5 Å². The third-order valence-corrected chi connectivity index (χ3v) is 5.28. The first-order valence-corrected chi connectivity index (χ1v) is 11.6. The Labute approximate surface area is 208 Å². The lowest BCUT2D eigenvalue weighted by atomic mass is 10.1. The van der Waals surface area contributed by atoms with E-state index < -0.39 is 11.6 Å². The summed E-state index contributed by atoms with van der Waals surface area (Å²) in [5, 5.41) is 0.548. The molecule has 0 bridgehead atoms. The highest BCUT2D eigenvalue weighted by Gasteiger charge is 2.13. The Balaban J connectivity index is 1.44. The molecule has 0 amide bonds. The van der Waals surface area contributed by atoms with E-state index >= 15 is 0 Å². The second-order valence-corrected chi connectivity index (χ2v) is 8.30. The minimum atomic E-state index is -0.738. The number of ketones is 1. The Morgan fingerprint density at radius 2 is 1.53 bits per heavy atom. The van der Waals surface area contributed by atoms with Crippen LogP contribution in [0.1, 0.15) is 60.2 Å². The van der Waals surface area contributed by atoms with E-state index in [0.29, 0.717) is 35.5 Å². The number of Topliss-reactive ketones (excluding diaryl/α,β-unsaturated/α-hetero) is 1. The van der Waals surface area contributed by atoms with E-state index in [-0.39, 0.29) is 28.6 Å². The molecule has 0 N–H and O–H groups in total. The topological polar surface area (TPSA) is 109 Å². The molecule has 0 aliphatic carbocycles. The number of benzene rings is 2. The van der Waals surface area contributed by atoms with E-state index in [4.69, 9.17) is 18.6 Å². The molecule has 3 rings (SSSR count). The number of carbonyl (C=O) groups is 3. The summed E-state index contributed by atoms with van der Waals surface area (Å²) < 4.78 is 21.3. The van der Waals surface area contributed by atoms with Gasteiger partial charge in [-0.25, -0.2) is 14.4 Å². The summed E-state index contributed by atoms with van der Waals surface area (Å²) in [7, 11) is 0. The molecule has 1 heterocycles. The summed E-state index contributed by atoms with van der Waals surface area (Å²) in [4.78, 5) is 47.2. The van der Waals surface area contributed by atoms with E-state index in [2.05, 4.69) is 6.58 Å². The molecule has 0 spiro atoms. The Hall–Kier alpha value is -4.20. The predicted molar refractivity (Wildman–Crippen MR) is 134 cm³/mol. The highest BCUT2D eigenvalue weighted by Crippen LogP contribution is 2.22. The van der Waals surface area contributed by atoms with Crippen LogP contribution in [0.25, 0.3) is 11.0 Å². The van der Waals surface area contributed by atoms with Crippen LogP contribution in [0.3, 0.4) is 0 Å². The van der Waals surface area contributed by atoms with E-state index in [1.807, 2.05) is 0 Å². The third-order valence-electron chi connectivity index (χ3n) is 5.28. The summed E-state index contributed by atoms with van der Waals surface area (Å²) >= 11 is 0. The molecule has 1 aromatic heterocycles. The van der Waals surface area contributed by atoms with Crippen molar-refractivity contribution in [2.75, 3.05) is 13.2 Å². The Kier molecular flexibility index (Phi) is 9.16. The predicted octanol–water partition coefficient (Wildman–Crippen LogP) is 5.27. The minimum absolute atomic E-state index is 0.0313. The third kappa shape index (κ3) is 7.40. The monoisotopic (exact) mass is 492 g/mol. The van der Waals surface area contributed by atoms with Gasteiger partial charge in [-0.3, -0.25) is 4.79 Å². The van der Waals surface area contributed by atoms with Crippen molar-refractivity contribution < 1.29 is 33.0 Å². The molecule has 0 atom stereocenters. The molecule has 3 aromatic rings. The summed E-state index contributed by atoms with van der Waals surface area (Å²) in [5.41, 5.74) is 0.178. The van der Waals surface area contributed by atoms with Gasteiger partial charge in [0.05, 0.1) is 18.8 Å². The van der Waals surface area contributed by atoms with Gasteiger partial charge in [-0.1, -0.05) is 6.58 Å². The quantitative estimate of drug-likeness (QED) is 0.0840. The van der Waals surface area contributed by atoms with E-state index in [0.717, 1.165) is 25.7 Å².